The van der Waals surface area contributed by atoms with Crippen molar-refractivity contribution in [2.24, 2.45) is 11.7 Å². The van der Waals surface area contributed by atoms with Gasteiger partial charge in [0, 0.05) is 20.0 Å². The summed E-state index contributed by atoms with van der Waals surface area (Å²) in [6.45, 7) is 6.34. The highest BCUT2D eigenvalue weighted by Gasteiger charge is 2.25. The molecule has 7 heteroatoms. The van der Waals surface area contributed by atoms with E-state index in [1.165, 1.54) is 64.9 Å². The van der Waals surface area contributed by atoms with Gasteiger partial charge in [-0.25, -0.2) is 0 Å². The van der Waals surface area contributed by atoms with Gasteiger partial charge >= 0.3 is 11.9 Å². The Morgan fingerprint density at radius 3 is 1.97 bits per heavy atom. The van der Waals surface area contributed by atoms with Crippen molar-refractivity contribution in [3.63, 3.8) is 0 Å². The van der Waals surface area contributed by atoms with Gasteiger partial charge in [-0.2, -0.15) is 0 Å². The molecule has 33 heavy (non-hydrogen) atoms. The number of aliphatic hydroxyl groups excluding tert-OH is 1. The molecular formula is C26H53NO6. The molecule has 1 unspecified atom stereocenters. The van der Waals surface area contributed by atoms with Gasteiger partial charge < -0.3 is 25.1 Å². The van der Waals surface area contributed by atoms with Crippen LogP contribution in [0, 0.1) is 5.92 Å². The van der Waals surface area contributed by atoms with E-state index in [0.717, 1.165) is 39.4 Å². The second-order valence-electron chi connectivity index (χ2n) is 8.49. The standard InChI is InChI=1S/C20H38O3.C5H11NO2.CH4O/c1-3-5-7-9-10-12-14-18(13-11-8-6-4-2)20(21)23-19-15-16-22-17-19;1-8-5(7)3-2-4-6;1-2/h18-19H,3-17H2,1-2H3;2-4,6H2,1H3;2H,1H3/t18?,19-;;/m1../s1. The first kappa shape index (κ1) is 34.0. The fourth-order valence-electron chi connectivity index (χ4n) is 3.58. The highest BCUT2D eigenvalue weighted by Crippen LogP contribution is 2.22. The van der Waals surface area contributed by atoms with Crippen molar-refractivity contribution in [3.05, 3.63) is 0 Å². The van der Waals surface area contributed by atoms with Crippen molar-refractivity contribution >= 4 is 11.9 Å². The van der Waals surface area contributed by atoms with E-state index in [-0.39, 0.29) is 24.0 Å². The molecule has 1 aliphatic heterocycles. The molecule has 0 bridgehead atoms. The number of carbonyl (C=O) groups excluding carboxylic acids is 2. The van der Waals surface area contributed by atoms with E-state index in [2.05, 4.69) is 18.6 Å². The maximum absolute atomic E-state index is 12.5. The smallest absolute Gasteiger partial charge is 0.309 e. The average molecular weight is 476 g/mol. The minimum absolute atomic E-state index is 0.00481. The third-order valence-electron chi connectivity index (χ3n) is 5.63. The van der Waals surface area contributed by atoms with Crippen molar-refractivity contribution in [1.82, 2.24) is 0 Å². The molecule has 1 aliphatic rings. The summed E-state index contributed by atoms with van der Waals surface area (Å²) in [4.78, 5) is 22.7. The Morgan fingerprint density at radius 1 is 0.939 bits per heavy atom. The van der Waals surface area contributed by atoms with Crippen LogP contribution >= 0.6 is 0 Å². The van der Waals surface area contributed by atoms with Gasteiger partial charge in [0.2, 0.25) is 0 Å². The fraction of sp³-hybridized carbons (Fsp3) is 0.923. The Balaban J connectivity index is 0. The fourth-order valence-corrected chi connectivity index (χ4v) is 3.58. The van der Waals surface area contributed by atoms with Gasteiger partial charge in [0.1, 0.15) is 6.10 Å². The maximum atomic E-state index is 12.5. The van der Waals surface area contributed by atoms with E-state index >= 15 is 0 Å². The van der Waals surface area contributed by atoms with Crippen LogP contribution in [0.5, 0.6) is 0 Å². The Labute approximate surface area is 203 Å². The highest BCUT2D eigenvalue weighted by atomic mass is 16.6. The lowest BCUT2D eigenvalue weighted by Gasteiger charge is -2.18. The minimum Gasteiger partial charge on any atom is -0.469 e. The van der Waals surface area contributed by atoms with Crippen molar-refractivity contribution in [3.8, 4) is 0 Å². The summed E-state index contributed by atoms with van der Waals surface area (Å²) in [7, 11) is 2.37. The van der Waals surface area contributed by atoms with E-state index in [1.807, 2.05) is 0 Å². The van der Waals surface area contributed by atoms with Crippen molar-refractivity contribution in [2.75, 3.05) is 34.0 Å². The molecule has 1 saturated heterocycles. The number of aliphatic hydroxyl groups is 1. The van der Waals surface area contributed by atoms with Crippen LogP contribution in [-0.4, -0.2) is 57.1 Å². The second kappa shape index (κ2) is 27.1. The zero-order valence-electron chi connectivity index (χ0n) is 21.9. The molecule has 1 fully saturated rings. The van der Waals surface area contributed by atoms with Gasteiger partial charge in [0.15, 0.2) is 0 Å². The summed E-state index contributed by atoms with van der Waals surface area (Å²) in [5, 5.41) is 7.00. The number of hydrogen-bond acceptors (Lipinski definition) is 7. The summed E-state index contributed by atoms with van der Waals surface area (Å²) < 4.78 is 15.3. The van der Waals surface area contributed by atoms with Crippen LogP contribution in [0.25, 0.3) is 0 Å². The molecule has 3 N–H and O–H groups in total. The number of hydrogen-bond donors (Lipinski definition) is 2. The lowest BCUT2D eigenvalue weighted by molar-refractivity contribution is -0.154. The van der Waals surface area contributed by atoms with Gasteiger partial charge in [-0.05, 0) is 25.8 Å². The van der Waals surface area contributed by atoms with Crippen LogP contribution in [0.3, 0.4) is 0 Å². The van der Waals surface area contributed by atoms with Crippen LogP contribution in [0.15, 0.2) is 0 Å². The molecule has 0 aromatic carbocycles. The Hall–Kier alpha value is -1.18. The highest BCUT2D eigenvalue weighted by molar-refractivity contribution is 5.72. The zero-order valence-corrected chi connectivity index (χ0v) is 21.9. The minimum atomic E-state index is -0.185. The quantitative estimate of drug-likeness (QED) is 0.221. The van der Waals surface area contributed by atoms with Crippen LogP contribution in [0.2, 0.25) is 0 Å². The first-order valence-electron chi connectivity index (χ1n) is 13.1. The topological polar surface area (TPSA) is 108 Å². The van der Waals surface area contributed by atoms with E-state index in [4.69, 9.17) is 20.3 Å². The van der Waals surface area contributed by atoms with E-state index in [9.17, 15) is 9.59 Å². The molecule has 198 valence electrons. The summed E-state index contributed by atoms with van der Waals surface area (Å²) in [5.41, 5.74) is 5.12. The van der Waals surface area contributed by atoms with Gasteiger partial charge in [0.05, 0.1) is 26.2 Å². The normalized spacial score (nSPS) is 15.5. The Kier molecular flexibility index (Phi) is 27.9. The third kappa shape index (κ3) is 22.4. The largest absolute Gasteiger partial charge is 0.469 e. The zero-order chi connectivity index (χ0) is 25.2. The third-order valence-corrected chi connectivity index (χ3v) is 5.63. The molecule has 0 amide bonds. The van der Waals surface area contributed by atoms with Crippen LogP contribution in [-0.2, 0) is 23.8 Å². The van der Waals surface area contributed by atoms with Gasteiger partial charge in [-0.1, -0.05) is 78.1 Å². The number of unbranched alkanes of at least 4 members (excludes halogenated alkanes) is 8. The summed E-state index contributed by atoms with van der Waals surface area (Å²) in [5.74, 6) is -0.0420. The SMILES string of the molecule is CCCCCCCCC(CCCCCC)C(=O)O[C@@H]1CCOC1.CO.COC(=O)CCCN. The molecule has 2 atom stereocenters. The van der Waals surface area contributed by atoms with Crippen molar-refractivity contribution in [2.45, 2.75) is 116 Å². The maximum Gasteiger partial charge on any atom is 0.309 e. The molecule has 0 aromatic heterocycles. The van der Waals surface area contributed by atoms with Crippen molar-refractivity contribution in [1.29, 1.82) is 0 Å². The van der Waals surface area contributed by atoms with E-state index < -0.39 is 0 Å². The average Bonchev–Trinajstić information content (AvgIpc) is 3.35. The van der Waals surface area contributed by atoms with Gasteiger partial charge in [-0.15, -0.1) is 0 Å². The number of rotatable bonds is 17. The Bertz CT molecular complexity index is 427. The number of methoxy groups -OCH3 is 1. The number of ether oxygens (including phenoxy) is 3. The monoisotopic (exact) mass is 475 g/mol. The summed E-state index contributed by atoms with van der Waals surface area (Å²) in [6.07, 6.45) is 16.6. The first-order valence-corrected chi connectivity index (χ1v) is 13.1. The molecule has 1 rings (SSSR count). The second-order valence-corrected chi connectivity index (χ2v) is 8.49. The van der Waals surface area contributed by atoms with Gasteiger partial charge in [0.25, 0.3) is 0 Å². The lowest BCUT2D eigenvalue weighted by atomic mass is 9.94. The molecule has 0 spiro atoms. The first-order chi connectivity index (χ1) is 16.1. The van der Waals surface area contributed by atoms with E-state index in [0.29, 0.717) is 26.0 Å². The Morgan fingerprint density at radius 2 is 1.48 bits per heavy atom. The molecule has 0 radical (unpaired) electrons. The van der Waals surface area contributed by atoms with Crippen LogP contribution in [0.4, 0.5) is 0 Å². The molecule has 0 saturated carbocycles. The molecule has 7 nitrogen and oxygen atoms in total. The number of carbonyl (C=O) groups is 2. The van der Waals surface area contributed by atoms with Crippen molar-refractivity contribution < 1.29 is 28.9 Å². The van der Waals surface area contributed by atoms with Gasteiger partial charge in [-0.3, -0.25) is 9.59 Å². The van der Waals surface area contributed by atoms with Crippen LogP contribution < -0.4 is 5.73 Å². The summed E-state index contributed by atoms with van der Waals surface area (Å²) in [6, 6.07) is 0. The molecule has 1 heterocycles. The molecule has 0 aromatic rings. The molecular weight excluding hydrogens is 422 g/mol. The predicted molar refractivity (Wildman–Crippen MR) is 134 cm³/mol. The van der Waals surface area contributed by atoms with Crippen LogP contribution in [0.1, 0.15) is 110 Å². The number of nitrogens with two attached hydrogens (primary N) is 1. The lowest BCUT2D eigenvalue weighted by Crippen LogP contribution is -2.24. The van der Waals surface area contributed by atoms with E-state index in [1.54, 1.807) is 0 Å². The molecule has 0 aliphatic carbocycles. The number of esters is 2. The predicted octanol–water partition coefficient (Wildman–Crippen LogP) is 5.16. The summed E-state index contributed by atoms with van der Waals surface area (Å²) >= 11 is 0.